The first-order valence-electron chi connectivity index (χ1n) is 7.93. The fourth-order valence-corrected chi connectivity index (χ4v) is 3.38. The van der Waals surface area contributed by atoms with E-state index in [-0.39, 0.29) is 5.91 Å². The first kappa shape index (κ1) is 15.2. The summed E-state index contributed by atoms with van der Waals surface area (Å²) in [6, 6.07) is 3.69. The molecule has 0 aliphatic carbocycles. The highest BCUT2D eigenvalue weighted by molar-refractivity contribution is 5.97. The van der Waals surface area contributed by atoms with Crippen molar-refractivity contribution in [2.45, 2.75) is 45.6 Å². The Morgan fingerprint density at radius 2 is 2.09 bits per heavy atom. The summed E-state index contributed by atoms with van der Waals surface area (Å²) in [4.78, 5) is 17.6. The summed E-state index contributed by atoms with van der Waals surface area (Å²) >= 11 is 0. The van der Waals surface area contributed by atoms with Crippen molar-refractivity contribution >= 4 is 17.0 Å². The number of likely N-dealkylation sites (tertiary alicyclic amines) is 1. The minimum atomic E-state index is -0.626. The van der Waals surface area contributed by atoms with E-state index >= 15 is 0 Å². The van der Waals surface area contributed by atoms with Gasteiger partial charge in [0.25, 0.3) is 5.91 Å². The number of carbonyl (C=O) groups excluding carboxylic acids is 1. The lowest BCUT2D eigenvalue weighted by Crippen LogP contribution is -2.40. The van der Waals surface area contributed by atoms with Crippen LogP contribution in [-0.2, 0) is 0 Å². The summed E-state index contributed by atoms with van der Waals surface area (Å²) in [5.41, 5.74) is 1.57. The Kier molecular flexibility index (Phi) is 3.77. The Morgan fingerprint density at radius 3 is 2.68 bits per heavy atom. The average molecular weight is 304 g/mol. The molecule has 0 radical (unpaired) electrons. The Bertz CT molecular complexity index is 638. The number of aryl methyl sites for hydroxylation is 1. The number of carbonyl (C=O) groups is 1. The van der Waals surface area contributed by atoms with Crippen LogP contribution in [0.3, 0.4) is 0 Å². The standard InChI is InChI=1S/C17H24N2O3/c1-11-8-13-15(22-11)9-14(18-13)16(20)19-6-4-12(5-7-19)10-17(2,3)21/h8-9,12,18,21H,4-7,10H2,1-3H3. The number of rotatable bonds is 3. The van der Waals surface area contributed by atoms with Gasteiger partial charge in [0.1, 0.15) is 11.5 Å². The molecule has 0 bridgehead atoms. The van der Waals surface area contributed by atoms with Crippen molar-refractivity contribution in [1.29, 1.82) is 0 Å². The van der Waals surface area contributed by atoms with E-state index in [1.54, 1.807) is 6.07 Å². The quantitative estimate of drug-likeness (QED) is 0.915. The number of aromatic amines is 1. The van der Waals surface area contributed by atoms with Gasteiger partial charge in [0.05, 0.1) is 11.1 Å². The molecule has 1 saturated heterocycles. The summed E-state index contributed by atoms with van der Waals surface area (Å²) in [5, 5.41) is 9.91. The molecule has 1 amide bonds. The van der Waals surface area contributed by atoms with Gasteiger partial charge in [-0.2, -0.15) is 0 Å². The van der Waals surface area contributed by atoms with E-state index in [1.165, 1.54) is 0 Å². The minimum absolute atomic E-state index is 0.0331. The average Bonchev–Trinajstić information content (AvgIpc) is 2.94. The Hall–Kier alpha value is -1.75. The number of aromatic nitrogens is 1. The van der Waals surface area contributed by atoms with Crippen molar-refractivity contribution < 1.29 is 14.3 Å². The van der Waals surface area contributed by atoms with Crippen LogP contribution in [0.15, 0.2) is 16.5 Å². The zero-order valence-corrected chi connectivity index (χ0v) is 13.5. The van der Waals surface area contributed by atoms with Crippen LogP contribution in [0, 0.1) is 12.8 Å². The molecule has 2 aromatic rings. The van der Waals surface area contributed by atoms with Crippen LogP contribution in [0.25, 0.3) is 11.1 Å². The number of furan rings is 1. The fourth-order valence-electron chi connectivity index (χ4n) is 3.38. The van der Waals surface area contributed by atoms with E-state index in [9.17, 15) is 9.90 Å². The molecule has 2 aromatic heterocycles. The summed E-state index contributed by atoms with van der Waals surface area (Å²) in [6.07, 6.45) is 2.70. The highest BCUT2D eigenvalue weighted by atomic mass is 16.3. The molecule has 0 spiro atoms. The van der Waals surface area contributed by atoms with Crippen LogP contribution >= 0.6 is 0 Å². The normalized spacial score (nSPS) is 17.4. The molecule has 3 heterocycles. The topological polar surface area (TPSA) is 69.5 Å². The lowest BCUT2D eigenvalue weighted by molar-refractivity contribution is 0.0357. The number of nitrogens with zero attached hydrogens (tertiary/aromatic N) is 1. The molecule has 1 fully saturated rings. The molecule has 0 saturated carbocycles. The first-order valence-corrected chi connectivity index (χ1v) is 7.93. The van der Waals surface area contributed by atoms with Gasteiger partial charge >= 0.3 is 0 Å². The second kappa shape index (κ2) is 5.47. The van der Waals surface area contributed by atoms with Crippen LogP contribution < -0.4 is 0 Å². The van der Waals surface area contributed by atoms with Crippen LogP contribution in [0.5, 0.6) is 0 Å². The van der Waals surface area contributed by atoms with E-state index in [0.29, 0.717) is 11.6 Å². The van der Waals surface area contributed by atoms with E-state index in [2.05, 4.69) is 4.98 Å². The molecule has 0 unspecified atom stereocenters. The van der Waals surface area contributed by atoms with Gasteiger partial charge in [-0.05, 0) is 46.0 Å². The number of piperidine rings is 1. The van der Waals surface area contributed by atoms with Crippen molar-refractivity contribution in [3.8, 4) is 0 Å². The fraction of sp³-hybridized carbons (Fsp3) is 0.588. The summed E-state index contributed by atoms with van der Waals surface area (Å²) in [6.45, 7) is 7.09. The SMILES string of the molecule is Cc1cc2[nH]c(C(=O)N3CCC(CC(C)(C)O)CC3)cc2o1. The third kappa shape index (κ3) is 3.19. The van der Waals surface area contributed by atoms with Crippen LogP contribution in [0.1, 0.15) is 49.4 Å². The molecule has 0 aromatic carbocycles. The summed E-state index contributed by atoms with van der Waals surface area (Å²) in [5.74, 6) is 1.37. The number of nitrogens with one attached hydrogen (secondary N) is 1. The largest absolute Gasteiger partial charge is 0.460 e. The maximum atomic E-state index is 12.5. The summed E-state index contributed by atoms with van der Waals surface area (Å²) in [7, 11) is 0. The monoisotopic (exact) mass is 304 g/mol. The Balaban J connectivity index is 1.63. The number of hydrogen-bond donors (Lipinski definition) is 2. The van der Waals surface area contributed by atoms with Crippen LogP contribution in [0.2, 0.25) is 0 Å². The minimum Gasteiger partial charge on any atom is -0.460 e. The molecule has 2 N–H and O–H groups in total. The molecular formula is C17H24N2O3. The van der Waals surface area contributed by atoms with Crippen molar-refractivity contribution in [1.82, 2.24) is 9.88 Å². The van der Waals surface area contributed by atoms with Gasteiger partial charge in [0, 0.05) is 25.2 Å². The molecule has 3 rings (SSSR count). The molecule has 120 valence electrons. The number of H-pyrrole nitrogens is 1. The molecular weight excluding hydrogens is 280 g/mol. The molecule has 5 nitrogen and oxygen atoms in total. The predicted molar refractivity (Wildman–Crippen MR) is 84.8 cm³/mol. The van der Waals surface area contributed by atoms with Crippen LogP contribution in [-0.4, -0.2) is 39.6 Å². The van der Waals surface area contributed by atoms with Gasteiger partial charge in [-0.15, -0.1) is 0 Å². The van der Waals surface area contributed by atoms with Gasteiger partial charge in [-0.1, -0.05) is 0 Å². The Labute approximate surface area is 130 Å². The number of fused-ring (bicyclic) bond motifs is 1. The molecule has 1 aliphatic heterocycles. The highest BCUT2D eigenvalue weighted by Gasteiger charge is 2.28. The third-order valence-corrected chi connectivity index (χ3v) is 4.35. The second-order valence-electron chi connectivity index (χ2n) is 7.07. The lowest BCUT2D eigenvalue weighted by Gasteiger charge is -2.34. The van der Waals surface area contributed by atoms with E-state index in [1.807, 2.05) is 31.7 Å². The Morgan fingerprint density at radius 1 is 1.41 bits per heavy atom. The maximum Gasteiger partial charge on any atom is 0.270 e. The predicted octanol–water partition coefficient (Wildman–Crippen LogP) is 3.08. The molecule has 5 heteroatoms. The zero-order chi connectivity index (χ0) is 15.9. The second-order valence-corrected chi connectivity index (χ2v) is 7.07. The molecule has 1 aliphatic rings. The van der Waals surface area contributed by atoms with Crippen molar-refractivity contribution in [2.24, 2.45) is 5.92 Å². The van der Waals surface area contributed by atoms with Crippen molar-refractivity contribution in [2.75, 3.05) is 13.1 Å². The van der Waals surface area contributed by atoms with E-state index in [4.69, 9.17) is 4.42 Å². The van der Waals surface area contributed by atoms with Crippen LogP contribution in [0.4, 0.5) is 0 Å². The third-order valence-electron chi connectivity index (χ3n) is 4.35. The lowest BCUT2D eigenvalue weighted by atomic mass is 9.86. The van der Waals surface area contributed by atoms with Gasteiger partial charge in [-0.3, -0.25) is 4.79 Å². The van der Waals surface area contributed by atoms with Gasteiger partial charge < -0.3 is 19.4 Å². The number of hydrogen-bond acceptors (Lipinski definition) is 3. The summed E-state index contributed by atoms with van der Waals surface area (Å²) < 4.78 is 5.53. The number of aliphatic hydroxyl groups is 1. The van der Waals surface area contributed by atoms with E-state index < -0.39 is 5.60 Å². The zero-order valence-electron chi connectivity index (χ0n) is 13.5. The van der Waals surface area contributed by atoms with Gasteiger partial charge in [0.2, 0.25) is 0 Å². The molecule has 22 heavy (non-hydrogen) atoms. The van der Waals surface area contributed by atoms with Crippen molar-refractivity contribution in [3.63, 3.8) is 0 Å². The van der Waals surface area contributed by atoms with Gasteiger partial charge in [0.15, 0.2) is 5.58 Å². The van der Waals surface area contributed by atoms with Crippen molar-refractivity contribution in [3.05, 3.63) is 23.6 Å². The van der Waals surface area contributed by atoms with E-state index in [0.717, 1.165) is 49.2 Å². The van der Waals surface area contributed by atoms with Gasteiger partial charge in [-0.25, -0.2) is 0 Å². The molecule has 0 atom stereocenters. The maximum absolute atomic E-state index is 12.5. The first-order chi connectivity index (χ1) is 10.3. The number of amides is 1. The smallest absolute Gasteiger partial charge is 0.270 e. The highest BCUT2D eigenvalue weighted by Crippen LogP contribution is 2.27.